The number of amides is 1. The molecule has 0 aliphatic rings. The summed E-state index contributed by atoms with van der Waals surface area (Å²) in [5.74, 6) is -0.877. The number of benzene rings is 1. The molecule has 0 bridgehead atoms. The highest BCUT2D eigenvalue weighted by molar-refractivity contribution is 6.04. The van der Waals surface area contributed by atoms with Gasteiger partial charge in [-0.3, -0.25) is 14.8 Å². The smallest absolute Gasteiger partial charge is 0.253 e. The molecule has 0 radical (unpaired) electrons. The molecule has 0 fully saturated rings. The Morgan fingerprint density at radius 1 is 1.38 bits per heavy atom. The highest BCUT2D eigenvalue weighted by Crippen LogP contribution is 2.16. The Kier molecular flexibility index (Phi) is 5.16. The van der Waals surface area contributed by atoms with Gasteiger partial charge in [0.05, 0.1) is 11.1 Å². The summed E-state index contributed by atoms with van der Waals surface area (Å²) in [6.07, 6.45) is 5.76. The molecule has 0 saturated heterocycles. The minimum atomic E-state index is -0.508. The van der Waals surface area contributed by atoms with E-state index in [0.29, 0.717) is 17.6 Å². The first-order chi connectivity index (χ1) is 10.2. The van der Waals surface area contributed by atoms with E-state index >= 15 is 0 Å². The lowest BCUT2D eigenvalue weighted by atomic mass is 10.1. The molecule has 1 aromatic heterocycles. The molecule has 1 amide bonds. The van der Waals surface area contributed by atoms with Crippen molar-refractivity contribution in [1.82, 2.24) is 15.3 Å². The summed E-state index contributed by atoms with van der Waals surface area (Å²) in [5, 5.41) is 2.84. The number of nitrogens with zero attached hydrogens (tertiary/aromatic N) is 2. The largest absolute Gasteiger partial charge is 0.348 e. The standard InChI is InChI=1S/C15H19FN4O/c1-2-3-4-11(9-17)20-15(21)12-7-10(16)8-13-14(12)19-6-5-18-13/h5-8,11H,2-4,9,17H2,1H3,(H,20,21). The van der Waals surface area contributed by atoms with Gasteiger partial charge in [0.25, 0.3) is 5.91 Å². The van der Waals surface area contributed by atoms with E-state index in [4.69, 9.17) is 5.73 Å². The number of hydrogen-bond acceptors (Lipinski definition) is 4. The van der Waals surface area contributed by atoms with Crippen molar-refractivity contribution in [2.45, 2.75) is 32.2 Å². The molecule has 21 heavy (non-hydrogen) atoms. The van der Waals surface area contributed by atoms with Crippen LogP contribution in [0.2, 0.25) is 0 Å². The maximum atomic E-state index is 13.6. The molecule has 3 N–H and O–H groups in total. The number of rotatable bonds is 6. The zero-order chi connectivity index (χ0) is 15.2. The molecule has 1 atom stereocenters. The van der Waals surface area contributed by atoms with Gasteiger partial charge in [0.15, 0.2) is 0 Å². The van der Waals surface area contributed by atoms with Gasteiger partial charge in [-0.25, -0.2) is 4.39 Å². The second-order valence-corrected chi connectivity index (χ2v) is 4.93. The van der Waals surface area contributed by atoms with Crippen molar-refractivity contribution >= 4 is 16.9 Å². The molecule has 5 nitrogen and oxygen atoms in total. The van der Waals surface area contributed by atoms with Crippen LogP contribution in [0.15, 0.2) is 24.5 Å². The first kappa shape index (κ1) is 15.3. The van der Waals surface area contributed by atoms with Crippen molar-refractivity contribution in [2.75, 3.05) is 6.54 Å². The molecular formula is C15H19FN4O. The zero-order valence-electron chi connectivity index (χ0n) is 12.0. The minimum Gasteiger partial charge on any atom is -0.348 e. The van der Waals surface area contributed by atoms with Gasteiger partial charge < -0.3 is 11.1 Å². The molecule has 112 valence electrons. The number of halogens is 1. The molecule has 2 rings (SSSR count). The first-order valence-electron chi connectivity index (χ1n) is 7.07. The van der Waals surface area contributed by atoms with Gasteiger partial charge in [0, 0.05) is 31.0 Å². The number of carbonyl (C=O) groups excluding carboxylic acids is 1. The van der Waals surface area contributed by atoms with Crippen molar-refractivity contribution in [1.29, 1.82) is 0 Å². The number of aromatic nitrogens is 2. The zero-order valence-corrected chi connectivity index (χ0v) is 12.0. The van der Waals surface area contributed by atoms with Gasteiger partial charge in [0.1, 0.15) is 11.3 Å². The Morgan fingerprint density at radius 3 is 2.86 bits per heavy atom. The number of nitrogens with two attached hydrogens (primary N) is 1. The quantitative estimate of drug-likeness (QED) is 0.853. The van der Waals surface area contributed by atoms with Crippen LogP contribution >= 0.6 is 0 Å². The van der Waals surface area contributed by atoms with Crippen molar-refractivity contribution in [3.8, 4) is 0 Å². The molecule has 0 saturated carbocycles. The number of nitrogens with one attached hydrogen (secondary N) is 1. The molecule has 0 spiro atoms. The topological polar surface area (TPSA) is 80.9 Å². The third kappa shape index (κ3) is 3.72. The third-order valence-corrected chi connectivity index (χ3v) is 3.31. The summed E-state index contributed by atoms with van der Waals surface area (Å²) < 4.78 is 13.6. The number of carbonyl (C=O) groups is 1. The molecule has 0 aliphatic carbocycles. The molecule has 1 aromatic carbocycles. The highest BCUT2D eigenvalue weighted by Gasteiger charge is 2.17. The Morgan fingerprint density at radius 2 is 2.14 bits per heavy atom. The maximum absolute atomic E-state index is 13.6. The van der Waals surface area contributed by atoms with Gasteiger partial charge in [-0.05, 0) is 12.5 Å². The number of unbranched alkanes of at least 4 members (excludes halogenated alkanes) is 1. The Hall–Kier alpha value is -2.08. The molecule has 1 unspecified atom stereocenters. The maximum Gasteiger partial charge on any atom is 0.253 e. The SMILES string of the molecule is CCCCC(CN)NC(=O)c1cc(F)cc2nccnc12. The van der Waals surface area contributed by atoms with Gasteiger partial charge in [-0.2, -0.15) is 0 Å². The van der Waals surface area contributed by atoms with Gasteiger partial charge in [0.2, 0.25) is 0 Å². The highest BCUT2D eigenvalue weighted by atomic mass is 19.1. The molecular weight excluding hydrogens is 271 g/mol. The van der Waals surface area contributed by atoms with E-state index in [0.717, 1.165) is 19.3 Å². The Bertz CT molecular complexity index is 632. The van der Waals surface area contributed by atoms with Crippen LogP contribution in [0.3, 0.4) is 0 Å². The molecule has 0 aliphatic heterocycles. The fourth-order valence-electron chi connectivity index (χ4n) is 2.18. The molecule has 2 aromatic rings. The van der Waals surface area contributed by atoms with Gasteiger partial charge in [-0.1, -0.05) is 19.8 Å². The Balaban J connectivity index is 2.26. The summed E-state index contributed by atoms with van der Waals surface area (Å²) in [6, 6.07) is 2.32. The number of hydrogen-bond donors (Lipinski definition) is 2. The van der Waals surface area contributed by atoms with Gasteiger partial charge in [-0.15, -0.1) is 0 Å². The third-order valence-electron chi connectivity index (χ3n) is 3.31. The van der Waals surface area contributed by atoms with Crippen LogP contribution in [-0.4, -0.2) is 28.5 Å². The lowest BCUT2D eigenvalue weighted by molar-refractivity contribution is 0.0937. The van der Waals surface area contributed by atoms with Gasteiger partial charge >= 0.3 is 0 Å². The van der Waals surface area contributed by atoms with E-state index < -0.39 is 5.82 Å². The van der Waals surface area contributed by atoms with Crippen LogP contribution in [0.25, 0.3) is 11.0 Å². The second-order valence-electron chi connectivity index (χ2n) is 4.93. The Labute approximate surface area is 122 Å². The van der Waals surface area contributed by atoms with E-state index in [-0.39, 0.29) is 17.5 Å². The summed E-state index contributed by atoms with van der Waals surface area (Å²) in [6.45, 7) is 2.43. The van der Waals surface area contributed by atoms with Crippen molar-refractivity contribution < 1.29 is 9.18 Å². The van der Waals surface area contributed by atoms with Crippen LogP contribution in [0.1, 0.15) is 36.5 Å². The number of fused-ring (bicyclic) bond motifs is 1. The van der Waals surface area contributed by atoms with Crippen LogP contribution in [-0.2, 0) is 0 Å². The van der Waals surface area contributed by atoms with E-state index in [1.54, 1.807) is 0 Å². The summed E-state index contributed by atoms with van der Waals surface area (Å²) in [4.78, 5) is 20.5. The lowest BCUT2D eigenvalue weighted by Crippen LogP contribution is -2.40. The lowest BCUT2D eigenvalue weighted by Gasteiger charge is -2.17. The normalized spacial score (nSPS) is 12.3. The van der Waals surface area contributed by atoms with Crippen LogP contribution in [0.5, 0.6) is 0 Å². The van der Waals surface area contributed by atoms with Crippen LogP contribution < -0.4 is 11.1 Å². The average molecular weight is 290 g/mol. The monoisotopic (exact) mass is 290 g/mol. The minimum absolute atomic E-state index is 0.118. The predicted octanol–water partition coefficient (Wildman–Crippen LogP) is 2.02. The fraction of sp³-hybridized carbons (Fsp3) is 0.400. The van der Waals surface area contributed by atoms with Crippen molar-refractivity contribution in [2.24, 2.45) is 5.73 Å². The summed E-state index contributed by atoms with van der Waals surface area (Å²) >= 11 is 0. The van der Waals surface area contributed by atoms with Crippen molar-refractivity contribution in [3.63, 3.8) is 0 Å². The van der Waals surface area contributed by atoms with E-state index in [1.807, 2.05) is 0 Å². The summed E-state index contributed by atoms with van der Waals surface area (Å²) in [5.41, 5.74) is 6.61. The van der Waals surface area contributed by atoms with Crippen LogP contribution in [0, 0.1) is 5.82 Å². The summed E-state index contributed by atoms with van der Waals surface area (Å²) in [7, 11) is 0. The van der Waals surface area contributed by atoms with E-state index in [2.05, 4.69) is 22.2 Å². The second kappa shape index (κ2) is 7.08. The first-order valence-corrected chi connectivity index (χ1v) is 7.07. The predicted molar refractivity (Wildman–Crippen MR) is 79.3 cm³/mol. The average Bonchev–Trinajstić information content (AvgIpc) is 2.50. The van der Waals surface area contributed by atoms with E-state index in [9.17, 15) is 9.18 Å². The fourth-order valence-corrected chi connectivity index (χ4v) is 2.18. The van der Waals surface area contributed by atoms with E-state index in [1.165, 1.54) is 24.5 Å². The van der Waals surface area contributed by atoms with Crippen LogP contribution in [0.4, 0.5) is 4.39 Å². The molecule has 1 heterocycles. The molecule has 6 heteroatoms. The van der Waals surface area contributed by atoms with Crippen molar-refractivity contribution in [3.05, 3.63) is 35.9 Å².